The van der Waals surface area contributed by atoms with Crippen molar-refractivity contribution in [2.45, 2.75) is 6.42 Å². The Kier molecular flexibility index (Phi) is 3.61. The van der Waals surface area contributed by atoms with Crippen molar-refractivity contribution in [3.63, 3.8) is 0 Å². The van der Waals surface area contributed by atoms with Crippen LogP contribution in [0, 0.1) is 11.3 Å². The summed E-state index contributed by atoms with van der Waals surface area (Å²) in [4.78, 5) is 4.44. The van der Waals surface area contributed by atoms with Crippen LogP contribution in [0.25, 0.3) is 11.7 Å². The first kappa shape index (κ1) is 12.9. The SMILES string of the molecule is N#CC/C=C/c1cccc2nc(Nc3ccccc3)nn12. The Morgan fingerprint density at radius 2 is 2.00 bits per heavy atom. The van der Waals surface area contributed by atoms with Gasteiger partial charge in [-0.3, -0.25) is 0 Å². The Labute approximate surface area is 122 Å². The minimum Gasteiger partial charge on any atom is -0.323 e. The molecular formula is C16H13N5. The second kappa shape index (κ2) is 5.88. The smallest absolute Gasteiger partial charge is 0.247 e. The molecule has 2 heterocycles. The molecule has 1 aromatic carbocycles. The lowest BCUT2D eigenvalue weighted by atomic mass is 10.3. The van der Waals surface area contributed by atoms with Crippen molar-refractivity contribution in [3.8, 4) is 6.07 Å². The number of fused-ring (bicyclic) bond motifs is 1. The highest BCUT2D eigenvalue weighted by molar-refractivity contribution is 5.58. The molecule has 3 aromatic rings. The van der Waals surface area contributed by atoms with Crippen molar-refractivity contribution in [1.82, 2.24) is 14.6 Å². The van der Waals surface area contributed by atoms with Gasteiger partial charge >= 0.3 is 0 Å². The van der Waals surface area contributed by atoms with E-state index in [2.05, 4.69) is 21.5 Å². The normalized spacial score (nSPS) is 10.8. The van der Waals surface area contributed by atoms with Crippen molar-refractivity contribution >= 4 is 23.4 Å². The molecule has 0 saturated carbocycles. The first-order valence-electron chi connectivity index (χ1n) is 6.58. The summed E-state index contributed by atoms with van der Waals surface area (Å²) in [6.07, 6.45) is 4.05. The maximum atomic E-state index is 8.58. The van der Waals surface area contributed by atoms with Crippen molar-refractivity contribution in [2.75, 3.05) is 5.32 Å². The van der Waals surface area contributed by atoms with Crippen LogP contribution < -0.4 is 5.32 Å². The van der Waals surface area contributed by atoms with Gasteiger partial charge < -0.3 is 5.32 Å². The predicted molar refractivity (Wildman–Crippen MR) is 82.0 cm³/mol. The zero-order valence-electron chi connectivity index (χ0n) is 11.3. The maximum absolute atomic E-state index is 8.58. The third-order valence-electron chi connectivity index (χ3n) is 2.92. The molecule has 0 atom stereocenters. The molecule has 5 nitrogen and oxygen atoms in total. The van der Waals surface area contributed by atoms with Crippen LogP contribution >= 0.6 is 0 Å². The largest absolute Gasteiger partial charge is 0.323 e. The third kappa shape index (κ3) is 2.90. The summed E-state index contributed by atoms with van der Waals surface area (Å²) in [5.41, 5.74) is 2.58. The summed E-state index contributed by atoms with van der Waals surface area (Å²) in [5.74, 6) is 0.544. The minimum atomic E-state index is 0.375. The fourth-order valence-electron chi connectivity index (χ4n) is 1.99. The van der Waals surface area contributed by atoms with Crippen molar-refractivity contribution in [2.24, 2.45) is 0 Å². The summed E-state index contributed by atoms with van der Waals surface area (Å²) in [6.45, 7) is 0. The Bertz CT molecular complexity index is 812. The lowest BCUT2D eigenvalue weighted by molar-refractivity contribution is 0.951. The van der Waals surface area contributed by atoms with Crippen molar-refractivity contribution < 1.29 is 0 Å². The number of nitrogens with one attached hydrogen (secondary N) is 1. The van der Waals surface area contributed by atoms with Crippen LogP contribution in [0.1, 0.15) is 12.1 Å². The number of aromatic nitrogens is 3. The Morgan fingerprint density at radius 3 is 2.81 bits per heavy atom. The number of nitrogens with zero attached hydrogens (tertiary/aromatic N) is 4. The highest BCUT2D eigenvalue weighted by Gasteiger charge is 2.05. The van der Waals surface area contributed by atoms with Crippen LogP contribution in [-0.4, -0.2) is 14.6 Å². The van der Waals surface area contributed by atoms with E-state index in [-0.39, 0.29) is 0 Å². The quantitative estimate of drug-likeness (QED) is 0.792. The Morgan fingerprint density at radius 1 is 1.14 bits per heavy atom. The van der Waals surface area contributed by atoms with Crippen LogP contribution in [0.2, 0.25) is 0 Å². The number of anilines is 2. The molecule has 0 saturated heterocycles. The molecule has 2 aromatic heterocycles. The average molecular weight is 275 g/mol. The molecule has 0 unspecified atom stereocenters. The van der Waals surface area contributed by atoms with Gasteiger partial charge in [-0.05, 0) is 30.3 Å². The van der Waals surface area contributed by atoms with Gasteiger partial charge in [0.15, 0.2) is 5.65 Å². The summed E-state index contributed by atoms with van der Waals surface area (Å²) in [7, 11) is 0. The van der Waals surface area contributed by atoms with Gasteiger partial charge in [0.25, 0.3) is 0 Å². The zero-order valence-corrected chi connectivity index (χ0v) is 11.3. The topological polar surface area (TPSA) is 66.0 Å². The van der Waals surface area contributed by atoms with Crippen molar-refractivity contribution in [3.05, 3.63) is 60.3 Å². The molecule has 0 aliphatic heterocycles. The number of hydrogen-bond acceptors (Lipinski definition) is 4. The van der Waals surface area contributed by atoms with Crippen LogP contribution in [0.3, 0.4) is 0 Å². The highest BCUT2D eigenvalue weighted by Crippen LogP contribution is 2.15. The van der Waals surface area contributed by atoms with Gasteiger partial charge in [0, 0.05) is 5.69 Å². The molecule has 0 spiro atoms. The number of allylic oxidation sites excluding steroid dienone is 1. The molecule has 0 bridgehead atoms. The van der Waals surface area contributed by atoms with Crippen LogP contribution in [-0.2, 0) is 0 Å². The second-order valence-electron chi connectivity index (χ2n) is 4.41. The van der Waals surface area contributed by atoms with Gasteiger partial charge in [0.2, 0.25) is 5.95 Å². The Balaban J connectivity index is 1.93. The van der Waals surface area contributed by atoms with E-state index in [1.54, 1.807) is 10.6 Å². The first-order valence-corrected chi connectivity index (χ1v) is 6.58. The second-order valence-corrected chi connectivity index (χ2v) is 4.41. The third-order valence-corrected chi connectivity index (χ3v) is 2.92. The standard InChI is InChI=1S/C16H13N5/c17-12-5-4-9-14-10-6-11-15-19-16(20-21(14)15)18-13-7-2-1-3-8-13/h1-4,6-11H,5H2,(H,18,20)/b9-4+. The van der Waals surface area contributed by atoms with Gasteiger partial charge in [0.1, 0.15) is 0 Å². The summed E-state index contributed by atoms with van der Waals surface area (Å²) in [6, 6.07) is 17.6. The average Bonchev–Trinajstić information content (AvgIpc) is 2.92. The molecule has 21 heavy (non-hydrogen) atoms. The van der Waals surface area contributed by atoms with Gasteiger partial charge in [-0.2, -0.15) is 10.2 Å². The number of pyridine rings is 1. The van der Waals surface area contributed by atoms with Gasteiger partial charge in [-0.25, -0.2) is 4.52 Å². The van der Waals surface area contributed by atoms with E-state index >= 15 is 0 Å². The zero-order chi connectivity index (χ0) is 14.5. The van der Waals surface area contributed by atoms with Gasteiger partial charge in [-0.15, -0.1) is 5.10 Å². The van der Waals surface area contributed by atoms with E-state index in [4.69, 9.17) is 5.26 Å². The number of rotatable bonds is 4. The Hall–Kier alpha value is -3.13. The molecule has 0 fully saturated rings. The number of benzene rings is 1. The molecule has 0 aliphatic carbocycles. The summed E-state index contributed by atoms with van der Waals surface area (Å²) < 4.78 is 1.75. The molecule has 3 rings (SSSR count). The first-order chi connectivity index (χ1) is 10.4. The maximum Gasteiger partial charge on any atom is 0.247 e. The van der Waals surface area contributed by atoms with Crippen molar-refractivity contribution in [1.29, 1.82) is 5.26 Å². The van der Waals surface area contributed by atoms with Crippen LogP contribution in [0.15, 0.2) is 54.6 Å². The van der Waals surface area contributed by atoms with E-state index in [1.807, 2.05) is 54.6 Å². The van der Waals surface area contributed by atoms with E-state index in [1.165, 1.54) is 0 Å². The number of nitriles is 1. The van der Waals surface area contributed by atoms with Gasteiger partial charge in [0.05, 0.1) is 18.2 Å². The van der Waals surface area contributed by atoms with E-state index in [0.717, 1.165) is 17.0 Å². The van der Waals surface area contributed by atoms with Gasteiger partial charge in [-0.1, -0.05) is 30.3 Å². The van der Waals surface area contributed by atoms with Crippen LogP contribution in [0.4, 0.5) is 11.6 Å². The highest BCUT2D eigenvalue weighted by atomic mass is 15.4. The molecule has 0 radical (unpaired) electrons. The molecule has 0 aliphatic rings. The van der Waals surface area contributed by atoms with E-state index in [0.29, 0.717) is 12.4 Å². The lowest BCUT2D eigenvalue weighted by Crippen LogP contribution is -1.95. The fourth-order valence-corrected chi connectivity index (χ4v) is 1.99. The fraction of sp³-hybridized carbons (Fsp3) is 0.0625. The van der Waals surface area contributed by atoms with E-state index in [9.17, 15) is 0 Å². The predicted octanol–water partition coefficient (Wildman–Crippen LogP) is 3.40. The number of hydrogen-bond donors (Lipinski definition) is 1. The summed E-state index contributed by atoms with van der Waals surface area (Å²) >= 11 is 0. The molecule has 1 N–H and O–H groups in total. The minimum absolute atomic E-state index is 0.375. The lowest BCUT2D eigenvalue weighted by Gasteiger charge is -1.99. The monoisotopic (exact) mass is 275 g/mol. The van der Waals surface area contributed by atoms with E-state index < -0.39 is 0 Å². The summed E-state index contributed by atoms with van der Waals surface area (Å²) in [5, 5.41) is 16.2. The van der Waals surface area contributed by atoms with Crippen LogP contribution in [0.5, 0.6) is 0 Å². The molecular weight excluding hydrogens is 262 g/mol. The molecule has 5 heteroatoms. The molecule has 102 valence electrons. The molecule has 0 amide bonds. The number of para-hydroxylation sites is 1.